The highest BCUT2D eigenvalue weighted by molar-refractivity contribution is 7.10. The number of fused-ring (bicyclic) bond motifs is 2. The lowest BCUT2D eigenvalue weighted by atomic mass is 10.1. The van der Waals surface area contributed by atoms with Crippen LogP contribution >= 0.6 is 11.3 Å². The molecule has 0 saturated carbocycles. The maximum absolute atomic E-state index is 12.5. The molecule has 0 atom stereocenters. The molecule has 1 N–H and O–H groups in total. The van der Waals surface area contributed by atoms with Crippen LogP contribution in [0.25, 0.3) is 0 Å². The number of rotatable bonds is 4. The molecular weight excluding hydrogens is 324 g/mol. The lowest BCUT2D eigenvalue weighted by molar-refractivity contribution is 0.0936. The molecular formula is C18H20N2O3S. The summed E-state index contributed by atoms with van der Waals surface area (Å²) in [5, 5.41) is 5.16. The first-order valence-corrected chi connectivity index (χ1v) is 9.13. The second-order valence-electron chi connectivity index (χ2n) is 5.98. The van der Waals surface area contributed by atoms with Crippen LogP contribution in [0.5, 0.6) is 11.5 Å². The molecule has 24 heavy (non-hydrogen) atoms. The first-order valence-electron chi connectivity index (χ1n) is 8.25. The van der Waals surface area contributed by atoms with E-state index in [4.69, 9.17) is 9.47 Å². The molecule has 1 aromatic heterocycles. The van der Waals surface area contributed by atoms with Crippen molar-refractivity contribution in [2.45, 2.75) is 13.0 Å². The van der Waals surface area contributed by atoms with Crippen LogP contribution in [0, 0.1) is 0 Å². The number of hydrogen-bond acceptors (Lipinski definition) is 5. The van der Waals surface area contributed by atoms with Gasteiger partial charge in [-0.15, -0.1) is 11.3 Å². The molecule has 5 nitrogen and oxygen atoms in total. The van der Waals surface area contributed by atoms with Crippen molar-refractivity contribution in [1.82, 2.24) is 10.2 Å². The Labute approximate surface area is 145 Å². The van der Waals surface area contributed by atoms with E-state index >= 15 is 0 Å². The number of amides is 1. The summed E-state index contributed by atoms with van der Waals surface area (Å²) in [5.74, 6) is 1.10. The van der Waals surface area contributed by atoms with Gasteiger partial charge in [0, 0.05) is 31.1 Å². The predicted molar refractivity (Wildman–Crippen MR) is 93.1 cm³/mol. The molecule has 2 aliphatic rings. The molecule has 1 aromatic carbocycles. The molecule has 1 amide bonds. The van der Waals surface area contributed by atoms with Gasteiger partial charge in [-0.25, -0.2) is 0 Å². The maximum atomic E-state index is 12.5. The Bertz CT molecular complexity index is 744. The van der Waals surface area contributed by atoms with Crippen LogP contribution in [-0.2, 0) is 13.0 Å². The third-order valence-corrected chi connectivity index (χ3v) is 5.43. The van der Waals surface area contributed by atoms with Gasteiger partial charge >= 0.3 is 0 Å². The van der Waals surface area contributed by atoms with E-state index in [9.17, 15) is 4.79 Å². The standard InChI is InChI=1S/C18H20N2O3S/c21-18(14-2-1-3-15-17(14)23-10-9-22-15)19-6-8-20-7-4-16-13(12-20)5-11-24-16/h1-3,5,11H,4,6-10,12H2,(H,19,21). The number of carbonyl (C=O) groups excluding carboxylic acids is 1. The van der Waals surface area contributed by atoms with Crippen LogP contribution in [0.3, 0.4) is 0 Å². The highest BCUT2D eigenvalue weighted by atomic mass is 32.1. The minimum absolute atomic E-state index is 0.106. The Morgan fingerprint density at radius 2 is 2.17 bits per heavy atom. The molecule has 0 spiro atoms. The van der Waals surface area contributed by atoms with E-state index in [0.717, 1.165) is 26.1 Å². The van der Waals surface area contributed by atoms with Crippen molar-refractivity contribution >= 4 is 17.2 Å². The summed E-state index contributed by atoms with van der Waals surface area (Å²) in [6.45, 7) is 4.52. The van der Waals surface area contributed by atoms with Gasteiger partial charge in [0.15, 0.2) is 11.5 Å². The molecule has 0 fully saturated rings. The minimum Gasteiger partial charge on any atom is -0.486 e. The van der Waals surface area contributed by atoms with E-state index in [1.807, 2.05) is 23.5 Å². The summed E-state index contributed by atoms with van der Waals surface area (Å²) in [4.78, 5) is 16.3. The molecule has 6 heteroatoms. The SMILES string of the molecule is O=C(NCCN1CCc2sccc2C1)c1cccc2c1OCCO2. The van der Waals surface area contributed by atoms with Gasteiger partial charge in [0.2, 0.25) is 0 Å². The van der Waals surface area contributed by atoms with Gasteiger partial charge < -0.3 is 14.8 Å². The minimum atomic E-state index is -0.106. The molecule has 0 unspecified atom stereocenters. The van der Waals surface area contributed by atoms with Crippen molar-refractivity contribution in [3.63, 3.8) is 0 Å². The number of nitrogens with one attached hydrogen (secondary N) is 1. The Morgan fingerprint density at radius 3 is 3.12 bits per heavy atom. The Balaban J connectivity index is 1.33. The zero-order chi connectivity index (χ0) is 16.4. The van der Waals surface area contributed by atoms with Crippen LogP contribution in [0.4, 0.5) is 0 Å². The van der Waals surface area contributed by atoms with Crippen molar-refractivity contribution in [3.05, 3.63) is 45.6 Å². The monoisotopic (exact) mass is 344 g/mol. The van der Waals surface area contributed by atoms with Crippen molar-refractivity contribution in [1.29, 1.82) is 0 Å². The Hall–Kier alpha value is -2.05. The largest absolute Gasteiger partial charge is 0.486 e. The number of thiophene rings is 1. The Kier molecular flexibility index (Phi) is 4.40. The molecule has 126 valence electrons. The molecule has 2 aromatic rings. The topological polar surface area (TPSA) is 50.8 Å². The van der Waals surface area contributed by atoms with E-state index in [0.29, 0.717) is 36.8 Å². The van der Waals surface area contributed by atoms with Crippen LogP contribution in [0.15, 0.2) is 29.6 Å². The zero-order valence-corrected chi connectivity index (χ0v) is 14.2. The van der Waals surface area contributed by atoms with E-state index in [1.165, 1.54) is 10.4 Å². The second-order valence-corrected chi connectivity index (χ2v) is 6.98. The first kappa shape index (κ1) is 15.5. The van der Waals surface area contributed by atoms with E-state index in [2.05, 4.69) is 21.7 Å². The van der Waals surface area contributed by atoms with E-state index < -0.39 is 0 Å². The lowest BCUT2D eigenvalue weighted by Crippen LogP contribution is -2.37. The Morgan fingerprint density at radius 1 is 1.25 bits per heavy atom. The maximum Gasteiger partial charge on any atom is 0.255 e. The number of nitrogens with zero attached hydrogens (tertiary/aromatic N) is 1. The van der Waals surface area contributed by atoms with Crippen molar-refractivity contribution in [3.8, 4) is 11.5 Å². The van der Waals surface area contributed by atoms with Gasteiger partial charge in [0.25, 0.3) is 5.91 Å². The molecule has 0 bridgehead atoms. The van der Waals surface area contributed by atoms with Crippen LogP contribution in [0.2, 0.25) is 0 Å². The van der Waals surface area contributed by atoms with E-state index in [1.54, 1.807) is 6.07 Å². The highest BCUT2D eigenvalue weighted by Crippen LogP contribution is 2.33. The molecule has 3 heterocycles. The average Bonchev–Trinajstić information content (AvgIpc) is 3.09. The average molecular weight is 344 g/mol. The van der Waals surface area contributed by atoms with Crippen LogP contribution in [0.1, 0.15) is 20.8 Å². The third kappa shape index (κ3) is 3.12. The normalized spacial score (nSPS) is 16.5. The zero-order valence-electron chi connectivity index (χ0n) is 13.4. The fraction of sp³-hybridized carbons (Fsp3) is 0.389. The summed E-state index contributed by atoms with van der Waals surface area (Å²) < 4.78 is 11.1. The van der Waals surface area contributed by atoms with E-state index in [-0.39, 0.29) is 5.91 Å². The van der Waals surface area contributed by atoms with Gasteiger partial charge in [-0.3, -0.25) is 9.69 Å². The van der Waals surface area contributed by atoms with Gasteiger partial charge in [-0.05, 0) is 35.6 Å². The van der Waals surface area contributed by atoms with Crippen molar-refractivity contribution in [2.75, 3.05) is 32.8 Å². The summed E-state index contributed by atoms with van der Waals surface area (Å²) in [5.41, 5.74) is 1.98. The summed E-state index contributed by atoms with van der Waals surface area (Å²) in [6.07, 6.45) is 1.11. The second kappa shape index (κ2) is 6.83. The highest BCUT2D eigenvalue weighted by Gasteiger charge is 2.21. The van der Waals surface area contributed by atoms with Gasteiger partial charge in [0.1, 0.15) is 13.2 Å². The predicted octanol–water partition coefficient (Wildman–Crippen LogP) is 2.31. The molecule has 0 aliphatic carbocycles. The van der Waals surface area contributed by atoms with Crippen LogP contribution < -0.4 is 14.8 Å². The quantitative estimate of drug-likeness (QED) is 0.925. The van der Waals surface area contributed by atoms with Crippen molar-refractivity contribution in [2.24, 2.45) is 0 Å². The summed E-state index contributed by atoms with van der Waals surface area (Å²) in [6, 6.07) is 7.64. The fourth-order valence-corrected chi connectivity index (χ4v) is 4.06. The first-order chi connectivity index (χ1) is 11.8. The lowest BCUT2D eigenvalue weighted by Gasteiger charge is -2.26. The third-order valence-electron chi connectivity index (χ3n) is 4.41. The van der Waals surface area contributed by atoms with Gasteiger partial charge in [-0.2, -0.15) is 0 Å². The number of ether oxygens (including phenoxy) is 2. The number of hydrogen-bond donors (Lipinski definition) is 1. The number of benzene rings is 1. The van der Waals surface area contributed by atoms with Crippen LogP contribution in [-0.4, -0.2) is 43.7 Å². The number of para-hydroxylation sites is 1. The molecule has 2 aliphatic heterocycles. The van der Waals surface area contributed by atoms with Gasteiger partial charge in [0.05, 0.1) is 5.56 Å². The number of carbonyl (C=O) groups is 1. The summed E-state index contributed by atoms with van der Waals surface area (Å²) in [7, 11) is 0. The van der Waals surface area contributed by atoms with Gasteiger partial charge in [-0.1, -0.05) is 6.07 Å². The van der Waals surface area contributed by atoms with Crippen molar-refractivity contribution < 1.29 is 14.3 Å². The molecule has 0 saturated heterocycles. The summed E-state index contributed by atoms with van der Waals surface area (Å²) >= 11 is 1.84. The fourth-order valence-electron chi connectivity index (χ4n) is 3.17. The molecule has 4 rings (SSSR count). The smallest absolute Gasteiger partial charge is 0.255 e. The molecule has 0 radical (unpaired) electrons.